The first kappa shape index (κ1) is 26.2. The number of benzene rings is 1. The van der Waals surface area contributed by atoms with Crippen LogP contribution >= 0.6 is 8.31 Å². The Labute approximate surface area is 198 Å². The Morgan fingerprint density at radius 3 is 1.87 bits per heavy atom. The van der Waals surface area contributed by atoms with E-state index in [9.17, 15) is 10.0 Å². The van der Waals surface area contributed by atoms with E-state index in [1.807, 2.05) is 8.31 Å². The largest absolute Gasteiger partial charge is 0.488 e. The Kier molecular flexibility index (Phi) is 13.7. The van der Waals surface area contributed by atoms with Gasteiger partial charge in [-0.1, -0.05) is 6.07 Å². The molecule has 0 amide bonds. The molecule has 2 aliphatic heterocycles. The molecule has 2 fully saturated rings. The molecule has 0 aliphatic carbocycles. The zero-order valence-corrected chi connectivity index (χ0v) is 23.0. The second-order valence-electron chi connectivity index (χ2n) is 6.92. The van der Waals surface area contributed by atoms with Crippen molar-refractivity contribution in [2.45, 2.75) is 0 Å². The molecule has 2 heterocycles. The molecule has 30 heavy (non-hydrogen) atoms. The number of rotatable bonds is 9. The minimum absolute atomic E-state index is 0.386. The number of hydrogen-bond donors (Lipinski definition) is 2. The molecule has 1 aromatic rings. The van der Waals surface area contributed by atoms with E-state index < -0.39 is 7.12 Å². The standard InChI is InChI=1S/C18H29BN2O6.CH4S.Tl/c22-19(23)16-1-2-17(26-13-7-20-3-9-24-10-4-20)18(15-16)27-14-8-21-5-11-25-12-6-21;1-2;/h1-2,15,22-23H,3-14H2;2H,1H3;/q;;+1/p-1. The van der Waals surface area contributed by atoms with Crippen LogP contribution < -0.4 is 14.9 Å². The van der Waals surface area contributed by atoms with Gasteiger partial charge in [0, 0.05) is 39.3 Å². The molecule has 0 radical (unpaired) electrons. The first-order valence-corrected chi connectivity index (χ1v) is 17.0. The maximum Gasteiger partial charge on any atom is 0.488 e. The number of morpholine rings is 2. The summed E-state index contributed by atoms with van der Waals surface area (Å²) in [4.78, 5) is 4.58. The fraction of sp³-hybridized carbons (Fsp3) is 0.684. The normalized spacial score (nSPS) is 17.7. The third-order valence-corrected chi connectivity index (χ3v) is 4.80. The summed E-state index contributed by atoms with van der Waals surface area (Å²) in [6.07, 6.45) is 2.12. The summed E-state index contributed by atoms with van der Waals surface area (Å²) in [5.74, 6) is 1.16. The van der Waals surface area contributed by atoms with Crippen LogP contribution in [0.25, 0.3) is 0 Å². The molecule has 2 aliphatic rings. The van der Waals surface area contributed by atoms with Crippen LogP contribution in [0.1, 0.15) is 0 Å². The Hall–Kier alpha value is -0.0830. The van der Waals surface area contributed by atoms with Gasteiger partial charge in [0.25, 0.3) is 0 Å². The van der Waals surface area contributed by atoms with E-state index in [-0.39, 0.29) is 0 Å². The van der Waals surface area contributed by atoms with Crippen LogP contribution in [0.2, 0.25) is 0 Å². The molecule has 0 bridgehead atoms. The molecule has 8 nitrogen and oxygen atoms in total. The first-order chi connectivity index (χ1) is 14.6. The van der Waals surface area contributed by atoms with E-state index in [4.69, 9.17) is 18.9 Å². The van der Waals surface area contributed by atoms with Gasteiger partial charge in [-0.2, -0.15) is 0 Å². The minimum Gasteiger partial charge on any atom is -0.488 e. The summed E-state index contributed by atoms with van der Waals surface area (Å²) in [6, 6.07) is 5.01. The maximum atomic E-state index is 9.43. The predicted molar refractivity (Wildman–Crippen MR) is 121 cm³/mol. The molecule has 3 rings (SSSR count). The predicted octanol–water partition coefficient (Wildman–Crippen LogP) is -0.779. The van der Waals surface area contributed by atoms with Gasteiger partial charge in [-0.15, -0.1) is 0 Å². The Bertz CT molecular complexity index is 592. The molecular formula is C19H32BN2O6STl. The third kappa shape index (κ3) is 10.0. The molecule has 2 N–H and O–H groups in total. The quantitative estimate of drug-likeness (QED) is 0.342. The van der Waals surface area contributed by atoms with E-state index in [0.29, 0.717) is 30.2 Å². The zero-order chi connectivity index (χ0) is 21.6. The van der Waals surface area contributed by atoms with Crippen LogP contribution in [0.3, 0.4) is 0 Å². The van der Waals surface area contributed by atoms with Crippen LogP contribution in [-0.2, 0) is 9.47 Å². The van der Waals surface area contributed by atoms with Gasteiger partial charge in [-0.25, -0.2) is 0 Å². The van der Waals surface area contributed by atoms with Crippen LogP contribution in [0.4, 0.5) is 0 Å². The number of nitrogens with zero attached hydrogens (tertiary/aromatic N) is 2. The van der Waals surface area contributed by atoms with Crippen molar-refractivity contribution in [3.63, 3.8) is 0 Å². The topological polar surface area (TPSA) is 83.9 Å². The summed E-state index contributed by atoms with van der Waals surface area (Å²) < 4.78 is 22.5. The van der Waals surface area contributed by atoms with Crippen LogP contribution in [-0.4, -0.2) is 136 Å². The average molecular weight is 632 g/mol. The summed E-state index contributed by atoms with van der Waals surface area (Å²) in [7, 11) is 0.383. The van der Waals surface area contributed by atoms with E-state index in [1.165, 1.54) is 0 Å². The van der Waals surface area contributed by atoms with Crippen molar-refractivity contribution in [1.82, 2.24) is 9.80 Å². The third-order valence-electron chi connectivity index (χ3n) is 4.80. The molecule has 0 spiro atoms. The molecule has 11 heteroatoms. The summed E-state index contributed by atoms with van der Waals surface area (Å²) in [6.45, 7) is 9.34. The molecule has 0 unspecified atom stereocenters. The average Bonchev–Trinajstić information content (AvgIpc) is 2.76. The van der Waals surface area contributed by atoms with Gasteiger partial charge in [-0.05, 0) is 17.6 Å². The van der Waals surface area contributed by atoms with Gasteiger partial charge < -0.3 is 29.0 Å². The summed E-state index contributed by atoms with van der Waals surface area (Å²) in [5, 5.41) is 18.9. The van der Waals surface area contributed by atoms with Gasteiger partial charge in [0.15, 0.2) is 11.5 Å². The number of hydrogen-bond acceptors (Lipinski definition) is 9. The SMILES string of the molecule is C[S][Tl].OB(O)c1ccc(OCCN2CCOCC2)c(OCCN2CCOCC2)c1. The summed E-state index contributed by atoms with van der Waals surface area (Å²) in [5.41, 5.74) is 0.386. The molecular weight excluding hydrogens is 599 g/mol. The van der Waals surface area contributed by atoms with Crippen LogP contribution in [0.15, 0.2) is 18.2 Å². The van der Waals surface area contributed by atoms with Gasteiger partial charge >= 0.3 is 46.0 Å². The van der Waals surface area contributed by atoms with Gasteiger partial charge in [-0.3, -0.25) is 9.80 Å². The fourth-order valence-electron chi connectivity index (χ4n) is 3.14. The van der Waals surface area contributed by atoms with E-state index in [2.05, 4.69) is 16.1 Å². The fourth-order valence-corrected chi connectivity index (χ4v) is 3.14. The molecule has 2 saturated heterocycles. The second kappa shape index (κ2) is 15.7. The second-order valence-corrected chi connectivity index (χ2v) is 12.9. The minimum atomic E-state index is -1.53. The van der Waals surface area contributed by atoms with Crippen molar-refractivity contribution in [2.24, 2.45) is 0 Å². The van der Waals surface area contributed by atoms with Gasteiger partial charge in [0.2, 0.25) is 0 Å². The van der Waals surface area contributed by atoms with Crippen molar-refractivity contribution in [2.75, 3.05) is 85.2 Å². The van der Waals surface area contributed by atoms with Crippen molar-refractivity contribution in [3.8, 4) is 11.5 Å². The Morgan fingerprint density at radius 2 is 1.40 bits per heavy atom. The van der Waals surface area contributed by atoms with Crippen molar-refractivity contribution in [1.29, 1.82) is 0 Å². The maximum absolute atomic E-state index is 9.43. The number of ether oxygens (including phenoxy) is 4. The molecule has 0 atom stereocenters. The Balaban J connectivity index is 0.00000101. The molecule has 0 saturated carbocycles. The zero-order valence-electron chi connectivity index (χ0n) is 17.7. The van der Waals surface area contributed by atoms with Crippen LogP contribution in [0, 0.1) is 0 Å². The van der Waals surface area contributed by atoms with Crippen LogP contribution in [0.5, 0.6) is 11.5 Å². The molecule has 1 aromatic carbocycles. The van der Waals surface area contributed by atoms with Crippen molar-refractivity contribution < 1.29 is 29.0 Å². The van der Waals surface area contributed by atoms with Crippen molar-refractivity contribution >= 4 is 45.2 Å². The smallest absolute Gasteiger partial charge is 0.488 e. The van der Waals surface area contributed by atoms with E-state index in [0.717, 1.165) is 90.0 Å². The first-order valence-electron chi connectivity index (χ1n) is 10.2. The summed E-state index contributed by atoms with van der Waals surface area (Å²) >= 11 is 1.13. The van der Waals surface area contributed by atoms with E-state index >= 15 is 0 Å². The van der Waals surface area contributed by atoms with Crippen molar-refractivity contribution in [3.05, 3.63) is 18.2 Å². The van der Waals surface area contributed by atoms with E-state index in [1.54, 1.807) is 18.2 Å². The monoisotopic (exact) mass is 632 g/mol. The molecule has 166 valence electrons. The Morgan fingerprint density at radius 1 is 0.933 bits per heavy atom. The van der Waals surface area contributed by atoms with Gasteiger partial charge in [0.1, 0.15) is 13.2 Å². The van der Waals surface area contributed by atoms with Gasteiger partial charge in [0.05, 0.1) is 26.4 Å². The molecule has 0 aromatic heterocycles.